The number of carbonyl (C=O) groups excluding carboxylic acids is 1. The van der Waals surface area contributed by atoms with Crippen LogP contribution in [-0.4, -0.2) is 51.7 Å². The molecule has 0 atom stereocenters. The Morgan fingerprint density at radius 2 is 1.90 bits per heavy atom. The van der Waals surface area contributed by atoms with Crippen LogP contribution in [0.2, 0.25) is 0 Å². The molecule has 0 spiro atoms. The lowest BCUT2D eigenvalue weighted by molar-refractivity contribution is 0.0594. The van der Waals surface area contributed by atoms with E-state index in [4.69, 9.17) is 9.15 Å². The van der Waals surface area contributed by atoms with E-state index in [1.165, 1.54) is 5.56 Å². The molecule has 29 heavy (non-hydrogen) atoms. The average Bonchev–Trinajstić information content (AvgIpc) is 3.37. The van der Waals surface area contributed by atoms with Crippen molar-refractivity contribution in [2.45, 2.75) is 13.2 Å². The maximum Gasteiger partial charge on any atom is 0.289 e. The molecule has 1 aliphatic rings. The molecule has 1 fully saturated rings. The highest BCUT2D eigenvalue weighted by atomic mass is 79.9. The molecular weight excluding hydrogens is 436 g/mol. The minimum absolute atomic E-state index is 0.0686. The first-order valence-corrected chi connectivity index (χ1v) is 10.3. The predicted octanol–water partition coefficient (Wildman–Crippen LogP) is 3.31. The molecule has 3 aromatic rings. The summed E-state index contributed by atoms with van der Waals surface area (Å²) in [7, 11) is 1.92. The van der Waals surface area contributed by atoms with Gasteiger partial charge in [0.15, 0.2) is 5.76 Å². The van der Waals surface area contributed by atoms with Crippen molar-refractivity contribution in [1.82, 2.24) is 19.6 Å². The number of furan rings is 1. The molecule has 0 bridgehead atoms. The lowest BCUT2D eigenvalue weighted by Crippen LogP contribution is -2.48. The molecule has 8 heteroatoms. The van der Waals surface area contributed by atoms with E-state index in [9.17, 15) is 4.79 Å². The van der Waals surface area contributed by atoms with Crippen molar-refractivity contribution in [1.29, 1.82) is 0 Å². The second-order valence-electron chi connectivity index (χ2n) is 7.10. The maximum absolute atomic E-state index is 12.7. The van der Waals surface area contributed by atoms with Gasteiger partial charge in [0, 0.05) is 56.0 Å². The Morgan fingerprint density at radius 3 is 2.59 bits per heavy atom. The van der Waals surface area contributed by atoms with Crippen LogP contribution >= 0.6 is 15.9 Å². The Bertz CT molecular complexity index is 958. The molecule has 152 valence electrons. The van der Waals surface area contributed by atoms with Crippen molar-refractivity contribution >= 4 is 21.8 Å². The number of ether oxygens (including phenoxy) is 1. The summed E-state index contributed by atoms with van der Waals surface area (Å²) < 4.78 is 14.2. The molecule has 0 aliphatic carbocycles. The lowest BCUT2D eigenvalue weighted by Gasteiger charge is -2.34. The maximum atomic E-state index is 12.7. The summed E-state index contributed by atoms with van der Waals surface area (Å²) in [5, 5.41) is 4.21. The van der Waals surface area contributed by atoms with Crippen molar-refractivity contribution < 1.29 is 13.9 Å². The first-order valence-electron chi connectivity index (χ1n) is 9.53. The number of hydrogen-bond donors (Lipinski definition) is 0. The number of carbonyl (C=O) groups is 1. The van der Waals surface area contributed by atoms with Crippen molar-refractivity contribution in [3.05, 3.63) is 70.3 Å². The van der Waals surface area contributed by atoms with Gasteiger partial charge in [0.05, 0.1) is 6.20 Å². The summed E-state index contributed by atoms with van der Waals surface area (Å²) in [5.74, 6) is 1.68. The standard InChI is InChI=1S/C21H23BrN4O3/c1-24-13-16(12-23-24)14-25-8-10-26(11-9-25)21(27)20-7-6-19(29-20)15-28-18-4-2-17(22)3-5-18/h2-7,12-13H,8-11,14-15H2,1H3. The molecule has 0 unspecified atom stereocenters. The number of amides is 1. The van der Waals surface area contributed by atoms with Crippen molar-refractivity contribution in [3.63, 3.8) is 0 Å². The van der Waals surface area contributed by atoms with Gasteiger partial charge in [0.25, 0.3) is 5.91 Å². The quantitative estimate of drug-likeness (QED) is 0.566. The second-order valence-corrected chi connectivity index (χ2v) is 8.01. The summed E-state index contributed by atoms with van der Waals surface area (Å²) in [6, 6.07) is 11.1. The van der Waals surface area contributed by atoms with Gasteiger partial charge in [-0.1, -0.05) is 15.9 Å². The number of halogens is 1. The van der Waals surface area contributed by atoms with Gasteiger partial charge in [-0.15, -0.1) is 0 Å². The fourth-order valence-electron chi connectivity index (χ4n) is 3.33. The van der Waals surface area contributed by atoms with Gasteiger partial charge in [-0.25, -0.2) is 0 Å². The average molecular weight is 459 g/mol. The van der Waals surface area contributed by atoms with E-state index in [-0.39, 0.29) is 12.5 Å². The zero-order chi connectivity index (χ0) is 20.2. The Morgan fingerprint density at radius 1 is 1.14 bits per heavy atom. The van der Waals surface area contributed by atoms with Crippen LogP contribution in [0.25, 0.3) is 0 Å². The highest BCUT2D eigenvalue weighted by molar-refractivity contribution is 9.10. The largest absolute Gasteiger partial charge is 0.486 e. The topological polar surface area (TPSA) is 63.7 Å². The van der Waals surface area contributed by atoms with E-state index in [1.807, 2.05) is 53.3 Å². The summed E-state index contributed by atoms with van der Waals surface area (Å²) in [6.07, 6.45) is 3.91. The van der Waals surface area contributed by atoms with Crippen LogP contribution in [0.3, 0.4) is 0 Å². The molecule has 1 aliphatic heterocycles. The van der Waals surface area contributed by atoms with E-state index in [0.29, 0.717) is 24.6 Å². The van der Waals surface area contributed by atoms with Gasteiger partial charge < -0.3 is 14.1 Å². The Kier molecular flexibility index (Phi) is 6.01. The fourth-order valence-corrected chi connectivity index (χ4v) is 3.60. The minimum Gasteiger partial charge on any atom is -0.486 e. The van der Waals surface area contributed by atoms with Crippen molar-refractivity contribution in [2.24, 2.45) is 7.05 Å². The lowest BCUT2D eigenvalue weighted by atomic mass is 10.2. The van der Waals surface area contributed by atoms with Crippen LogP contribution in [0.15, 0.2) is 57.7 Å². The number of rotatable bonds is 6. The predicted molar refractivity (Wildman–Crippen MR) is 112 cm³/mol. The number of aryl methyl sites for hydroxylation is 1. The normalized spacial score (nSPS) is 14.9. The molecule has 4 rings (SSSR count). The van der Waals surface area contributed by atoms with E-state index >= 15 is 0 Å². The summed E-state index contributed by atoms with van der Waals surface area (Å²) in [4.78, 5) is 16.9. The smallest absolute Gasteiger partial charge is 0.289 e. The zero-order valence-electron chi connectivity index (χ0n) is 16.3. The summed E-state index contributed by atoms with van der Waals surface area (Å²) >= 11 is 3.40. The van der Waals surface area contributed by atoms with Crippen LogP contribution in [0.1, 0.15) is 21.9 Å². The van der Waals surface area contributed by atoms with Gasteiger partial charge in [0.2, 0.25) is 0 Å². The van der Waals surface area contributed by atoms with E-state index in [2.05, 4.69) is 25.9 Å². The van der Waals surface area contributed by atoms with E-state index in [1.54, 1.807) is 12.1 Å². The van der Waals surface area contributed by atoms with Gasteiger partial charge in [-0.05, 0) is 36.4 Å². The minimum atomic E-state index is -0.0686. The number of aromatic nitrogens is 2. The van der Waals surface area contributed by atoms with Gasteiger partial charge in [-0.3, -0.25) is 14.4 Å². The number of hydrogen-bond acceptors (Lipinski definition) is 5. The first kappa shape index (κ1) is 19.7. The van der Waals surface area contributed by atoms with Gasteiger partial charge >= 0.3 is 0 Å². The third kappa shape index (κ3) is 5.07. The van der Waals surface area contributed by atoms with Crippen LogP contribution in [0.4, 0.5) is 0 Å². The molecule has 0 N–H and O–H groups in total. The van der Waals surface area contributed by atoms with Crippen molar-refractivity contribution in [2.75, 3.05) is 26.2 Å². The second kappa shape index (κ2) is 8.84. The molecule has 1 amide bonds. The van der Waals surface area contributed by atoms with Crippen LogP contribution in [-0.2, 0) is 20.2 Å². The molecular formula is C21H23BrN4O3. The number of nitrogens with zero attached hydrogens (tertiary/aromatic N) is 4. The molecule has 7 nitrogen and oxygen atoms in total. The number of benzene rings is 1. The SMILES string of the molecule is Cn1cc(CN2CCN(C(=O)c3ccc(COc4ccc(Br)cc4)o3)CC2)cn1. The van der Waals surface area contributed by atoms with Crippen molar-refractivity contribution in [3.8, 4) is 5.75 Å². The van der Waals surface area contributed by atoms with Crippen LogP contribution < -0.4 is 4.74 Å². The van der Waals surface area contributed by atoms with Gasteiger partial charge in [0.1, 0.15) is 18.1 Å². The van der Waals surface area contributed by atoms with Crippen LogP contribution in [0.5, 0.6) is 5.75 Å². The first-order chi connectivity index (χ1) is 14.1. The molecule has 3 heterocycles. The highest BCUT2D eigenvalue weighted by Crippen LogP contribution is 2.19. The Hall–Kier alpha value is -2.58. The highest BCUT2D eigenvalue weighted by Gasteiger charge is 2.24. The number of piperazine rings is 1. The molecule has 1 saturated heterocycles. The fraction of sp³-hybridized carbons (Fsp3) is 0.333. The monoisotopic (exact) mass is 458 g/mol. The van der Waals surface area contributed by atoms with E-state index in [0.717, 1.165) is 29.9 Å². The summed E-state index contributed by atoms with van der Waals surface area (Å²) in [6.45, 7) is 4.18. The Labute approximate surface area is 178 Å². The zero-order valence-corrected chi connectivity index (χ0v) is 17.8. The van der Waals surface area contributed by atoms with E-state index < -0.39 is 0 Å². The molecule has 1 aromatic carbocycles. The third-order valence-corrected chi connectivity index (χ3v) is 5.42. The Balaban J connectivity index is 1.27. The van der Waals surface area contributed by atoms with Crippen LogP contribution in [0, 0.1) is 0 Å². The summed E-state index contributed by atoms with van der Waals surface area (Å²) in [5.41, 5.74) is 1.19. The third-order valence-electron chi connectivity index (χ3n) is 4.89. The molecule has 2 aromatic heterocycles. The molecule has 0 radical (unpaired) electrons. The molecule has 0 saturated carbocycles. The van der Waals surface area contributed by atoms with Gasteiger partial charge in [-0.2, -0.15) is 5.10 Å².